The zero-order chi connectivity index (χ0) is 21.0. The van der Waals surface area contributed by atoms with Gasteiger partial charge in [-0.2, -0.15) is 0 Å². The molecule has 6 nitrogen and oxygen atoms in total. The number of benzene rings is 3. The van der Waals surface area contributed by atoms with Crippen LogP contribution < -0.4 is 10.1 Å². The maximum Gasteiger partial charge on any atom is 0.339 e. The van der Waals surface area contributed by atoms with E-state index in [0.717, 1.165) is 11.5 Å². The van der Waals surface area contributed by atoms with E-state index in [0.29, 0.717) is 11.1 Å². The van der Waals surface area contributed by atoms with E-state index in [-0.39, 0.29) is 22.7 Å². The zero-order valence-electron chi connectivity index (χ0n) is 15.8. The molecule has 3 aromatic rings. The fourth-order valence-corrected chi connectivity index (χ4v) is 2.94. The first-order valence-electron chi connectivity index (χ1n) is 8.74. The summed E-state index contributed by atoms with van der Waals surface area (Å²) in [6.07, 6.45) is 0. The molecule has 0 unspecified atom stereocenters. The Balaban J connectivity index is 1.75. The monoisotopic (exact) mass is 395 g/mol. The van der Waals surface area contributed by atoms with E-state index in [9.17, 15) is 18.8 Å². The zero-order valence-corrected chi connectivity index (χ0v) is 15.8. The lowest BCUT2D eigenvalue weighted by Crippen LogP contribution is -2.16. The number of hydrogen-bond donors (Lipinski definition) is 1. The highest BCUT2D eigenvalue weighted by atomic mass is 19.1. The van der Waals surface area contributed by atoms with E-state index in [1.165, 1.54) is 26.2 Å². The van der Waals surface area contributed by atoms with Crippen LogP contribution in [0.25, 0.3) is 10.8 Å². The number of methoxy groups -OCH3 is 1. The van der Waals surface area contributed by atoms with Crippen LogP contribution in [0.1, 0.15) is 27.6 Å². The molecule has 0 aliphatic rings. The highest BCUT2D eigenvalue weighted by Gasteiger charge is 2.18. The summed E-state index contributed by atoms with van der Waals surface area (Å²) in [5.41, 5.74) is 0.274. The lowest BCUT2D eigenvalue weighted by molar-refractivity contribution is -0.114. The van der Waals surface area contributed by atoms with Crippen molar-refractivity contribution in [1.29, 1.82) is 0 Å². The molecule has 148 valence electrons. The van der Waals surface area contributed by atoms with Crippen LogP contribution in [0.15, 0.2) is 54.6 Å². The van der Waals surface area contributed by atoms with Crippen LogP contribution in [0.3, 0.4) is 0 Å². The van der Waals surface area contributed by atoms with Crippen molar-refractivity contribution in [1.82, 2.24) is 0 Å². The van der Waals surface area contributed by atoms with E-state index in [1.54, 1.807) is 24.3 Å². The van der Waals surface area contributed by atoms with E-state index in [4.69, 9.17) is 9.47 Å². The summed E-state index contributed by atoms with van der Waals surface area (Å²) in [4.78, 5) is 35.8. The number of carbonyl (C=O) groups is 3. The standard InChI is InChI=1S/C22H18FNO5/c1-13(25)24-14-7-8-18(19(23)11-14)20(26)12-29-22(27)17-9-10-21(28-2)16-6-4-3-5-15(16)17/h3-11H,12H2,1-2H3,(H,24,25). The molecule has 7 heteroatoms. The SMILES string of the molecule is COc1ccc(C(=O)OCC(=O)c2ccc(NC(C)=O)cc2F)c2ccccc12. The number of Topliss-reactive ketones (excluding diaryl/α,β-unsaturated/α-hetero) is 1. The van der Waals surface area contributed by atoms with Crippen LogP contribution in [0.2, 0.25) is 0 Å². The average Bonchev–Trinajstić information content (AvgIpc) is 2.70. The second-order valence-electron chi connectivity index (χ2n) is 6.24. The molecule has 0 fully saturated rings. The fraction of sp³-hybridized carbons (Fsp3) is 0.136. The van der Waals surface area contributed by atoms with E-state index >= 15 is 0 Å². The Kier molecular flexibility index (Phi) is 5.87. The highest BCUT2D eigenvalue weighted by molar-refractivity contribution is 6.07. The molecule has 0 bridgehead atoms. The molecular weight excluding hydrogens is 377 g/mol. The van der Waals surface area contributed by atoms with E-state index < -0.39 is 24.2 Å². The van der Waals surface area contributed by atoms with Gasteiger partial charge < -0.3 is 14.8 Å². The van der Waals surface area contributed by atoms with Gasteiger partial charge in [0, 0.05) is 18.0 Å². The van der Waals surface area contributed by atoms with E-state index in [2.05, 4.69) is 5.32 Å². The number of ether oxygens (including phenoxy) is 2. The van der Waals surface area contributed by atoms with Gasteiger partial charge in [-0.15, -0.1) is 0 Å². The number of rotatable bonds is 6. The first-order chi connectivity index (χ1) is 13.9. The topological polar surface area (TPSA) is 81.7 Å². The van der Waals surface area contributed by atoms with Gasteiger partial charge in [0.25, 0.3) is 0 Å². The third-order valence-corrected chi connectivity index (χ3v) is 4.25. The fourth-order valence-electron chi connectivity index (χ4n) is 2.94. The summed E-state index contributed by atoms with van der Waals surface area (Å²) >= 11 is 0. The smallest absolute Gasteiger partial charge is 0.339 e. The van der Waals surface area contributed by atoms with Gasteiger partial charge in [-0.3, -0.25) is 9.59 Å². The van der Waals surface area contributed by atoms with Gasteiger partial charge >= 0.3 is 5.97 Å². The Labute approximate surface area is 166 Å². The van der Waals surface area contributed by atoms with Crippen LogP contribution in [0, 0.1) is 5.82 Å². The molecule has 1 amide bonds. The van der Waals surface area contributed by atoms with Crippen LogP contribution in [-0.2, 0) is 9.53 Å². The summed E-state index contributed by atoms with van der Waals surface area (Å²) in [5, 5.41) is 3.78. The Morgan fingerprint density at radius 1 is 0.966 bits per heavy atom. The lowest BCUT2D eigenvalue weighted by Gasteiger charge is -2.10. The van der Waals surface area contributed by atoms with Crippen LogP contribution >= 0.6 is 0 Å². The second-order valence-corrected chi connectivity index (χ2v) is 6.24. The van der Waals surface area contributed by atoms with Gasteiger partial charge in [-0.25, -0.2) is 9.18 Å². The Morgan fingerprint density at radius 2 is 1.66 bits per heavy atom. The molecule has 3 rings (SSSR count). The normalized spacial score (nSPS) is 10.4. The Bertz CT molecular complexity index is 1110. The number of hydrogen-bond acceptors (Lipinski definition) is 5. The summed E-state index contributed by atoms with van der Waals surface area (Å²) in [7, 11) is 1.53. The van der Waals surface area contributed by atoms with Gasteiger partial charge in [0.15, 0.2) is 6.61 Å². The summed E-state index contributed by atoms with van der Waals surface area (Å²) in [6, 6.07) is 14.0. The van der Waals surface area contributed by atoms with Crippen molar-refractivity contribution in [2.24, 2.45) is 0 Å². The number of anilines is 1. The lowest BCUT2D eigenvalue weighted by atomic mass is 10.0. The van der Waals surface area contributed by atoms with Crippen molar-refractivity contribution in [3.63, 3.8) is 0 Å². The number of carbonyl (C=O) groups excluding carboxylic acids is 3. The van der Waals surface area contributed by atoms with Gasteiger partial charge in [0.05, 0.1) is 18.2 Å². The summed E-state index contributed by atoms with van der Waals surface area (Å²) in [5.74, 6) is -1.96. The van der Waals surface area contributed by atoms with Gasteiger partial charge in [0.1, 0.15) is 11.6 Å². The van der Waals surface area contributed by atoms with Crippen molar-refractivity contribution in [3.8, 4) is 5.75 Å². The number of ketones is 1. The molecule has 0 aliphatic heterocycles. The molecule has 0 atom stereocenters. The van der Waals surface area contributed by atoms with Crippen LogP contribution in [0.4, 0.5) is 10.1 Å². The quantitative estimate of drug-likeness (QED) is 0.504. The Morgan fingerprint density at radius 3 is 2.31 bits per heavy atom. The van der Waals surface area contributed by atoms with Crippen molar-refractivity contribution >= 4 is 34.1 Å². The molecule has 0 aliphatic carbocycles. The number of nitrogens with one attached hydrogen (secondary N) is 1. The predicted molar refractivity (Wildman–Crippen MR) is 106 cm³/mol. The molecule has 3 aromatic carbocycles. The largest absolute Gasteiger partial charge is 0.496 e. The first kappa shape index (κ1) is 20.0. The maximum absolute atomic E-state index is 14.2. The third kappa shape index (κ3) is 4.40. The number of amides is 1. The molecule has 0 heterocycles. The third-order valence-electron chi connectivity index (χ3n) is 4.25. The summed E-state index contributed by atoms with van der Waals surface area (Å²) < 4.78 is 24.6. The molecule has 29 heavy (non-hydrogen) atoms. The van der Waals surface area contributed by atoms with Crippen LogP contribution in [0.5, 0.6) is 5.75 Å². The number of halogens is 1. The molecule has 0 spiro atoms. The minimum Gasteiger partial charge on any atom is -0.496 e. The predicted octanol–water partition coefficient (Wildman–Crippen LogP) is 3.99. The molecule has 0 saturated carbocycles. The maximum atomic E-state index is 14.2. The molecule has 1 N–H and O–H groups in total. The summed E-state index contributed by atoms with van der Waals surface area (Å²) in [6.45, 7) is 0.675. The number of fused-ring (bicyclic) bond motifs is 1. The molecule has 0 radical (unpaired) electrons. The molecule has 0 saturated heterocycles. The average molecular weight is 395 g/mol. The van der Waals surface area contributed by atoms with Gasteiger partial charge in [-0.1, -0.05) is 24.3 Å². The molecular formula is C22H18FNO5. The van der Waals surface area contributed by atoms with Crippen molar-refractivity contribution in [3.05, 3.63) is 71.5 Å². The van der Waals surface area contributed by atoms with Crippen molar-refractivity contribution < 1.29 is 28.2 Å². The van der Waals surface area contributed by atoms with Crippen molar-refractivity contribution in [2.45, 2.75) is 6.92 Å². The first-order valence-corrected chi connectivity index (χ1v) is 8.74. The second kappa shape index (κ2) is 8.52. The minimum atomic E-state index is -0.813. The highest BCUT2D eigenvalue weighted by Crippen LogP contribution is 2.28. The number of esters is 1. The van der Waals surface area contributed by atoms with Crippen molar-refractivity contribution in [2.75, 3.05) is 19.0 Å². The molecule has 0 aromatic heterocycles. The van der Waals surface area contributed by atoms with E-state index in [1.807, 2.05) is 12.1 Å². The van der Waals surface area contributed by atoms with Gasteiger partial charge in [0.2, 0.25) is 11.7 Å². The van der Waals surface area contributed by atoms with Crippen LogP contribution in [-0.4, -0.2) is 31.4 Å². The Hall–Kier alpha value is -3.74. The van der Waals surface area contributed by atoms with Gasteiger partial charge in [-0.05, 0) is 35.7 Å². The minimum absolute atomic E-state index is 0.230.